The van der Waals surface area contributed by atoms with Gasteiger partial charge in [-0.2, -0.15) is 0 Å². The van der Waals surface area contributed by atoms with Gasteiger partial charge in [0, 0.05) is 17.3 Å². The summed E-state index contributed by atoms with van der Waals surface area (Å²) in [4.78, 5) is 10.5. The molecule has 3 nitrogen and oxygen atoms in total. The molecule has 0 aliphatic carbocycles. The molecular weight excluding hydrogens is 211 g/mol. The van der Waals surface area contributed by atoms with Crippen LogP contribution in [0.4, 0.5) is 0 Å². The highest BCUT2D eigenvalue weighted by molar-refractivity contribution is 7.65. The quantitative estimate of drug-likeness (QED) is 0.697. The minimum Gasteiger partial charge on any atom is -0.550 e. The summed E-state index contributed by atoms with van der Waals surface area (Å²) in [7, 11) is -2.71. The largest absolute Gasteiger partial charge is 0.550 e. The lowest BCUT2D eigenvalue weighted by Crippen LogP contribution is -2.33. The van der Waals surface area contributed by atoms with E-state index in [9.17, 15) is 14.5 Å². The first-order chi connectivity index (χ1) is 6.37. The van der Waals surface area contributed by atoms with Crippen LogP contribution in [0.3, 0.4) is 0 Å². The van der Waals surface area contributed by atoms with E-state index in [2.05, 4.69) is 20.8 Å². The van der Waals surface area contributed by atoms with Gasteiger partial charge in [0.2, 0.25) is 0 Å². The number of carbonyl (C=O) groups excluding carboxylic acids is 1. The predicted molar refractivity (Wildman–Crippen MR) is 61.6 cm³/mol. The van der Waals surface area contributed by atoms with Gasteiger partial charge < -0.3 is 14.5 Å². The van der Waals surface area contributed by atoms with Crippen LogP contribution in [0.1, 0.15) is 41.0 Å². The molecule has 0 amide bonds. The van der Waals surface area contributed by atoms with Gasteiger partial charge in [0.15, 0.2) is 0 Å². The van der Waals surface area contributed by atoms with Crippen LogP contribution >= 0.6 is 7.14 Å². The second kappa shape index (κ2) is 4.29. The number of rotatable bonds is 4. The lowest BCUT2D eigenvalue weighted by Gasteiger charge is -2.37. The van der Waals surface area contributed by atoms with Crippen molar-refractivity contribution in [1.29, 1.82) is 0 Å². The summed E-state index contributed by atoms with van der Waals surface area (Å²) in [6.07, 6.45) is 0.414. The summed E-state index contributed by atoms with van der Waals surface area (Å²) in [5, 5.41) is 10.1. The molecule has 0 rings (SSSR count). The van der Waals surface area contributed by atoms with Gasteiger partial charge in [-0.15, -0.1) is 0 Å². The van der Waals surface area contributed by atoms with E-state index in [0.29, 0.717) is 0 Å². The molecule has 0 fully saturated rings. The highest BCUT2D eigenvalue weighted by Gasteiger charge is 2.38. The molecule has 0 saturated carbocycles. The van der Waals surface area contributed by atoms with Crippen molar-refractivity contribution in [1.82, 2.24) is 0 Å². The van der Waals surface area contributed by atoms with E-state index >= 15 is 0 Å². The number of carboxylic acids is 1. The Balaban J connectivity index is 4.85. The van der Waals surface area contributed by atoms with Gasteiger partial charge in [-0.1, -0.05) is 34.6 Å². The van der Waals surface area contributed by atoms with Gasteiger partial charge in [0.1, 0.15) is 0 Å². The molecule has 4 heteroatoms. The Morgan fingerprint density at radius 2 is 1.60 bits per heavy atom. The van der Waals surface area contributed by atoms with Crippen LogP contribution in [0.25, 0.3) is 0 Å². The fraction of sp³-hybridized carbons (Fsp3) is 0.909. The van der Waals surface area contributed by atoms with E-state index in [1.165, 1.54) is 0 Å². The number of hydrogen-bond acceptors (Lipinski definition) is 3. The second-order valence-corrected chi connectivity index (χ2v) is 9.91. The summed E-state index contributed by atoms with van der Waals surface area (Å²) in [5.41, 5.74) is 0.0428. The molecular formula is C11H22O3P-. The third-order valence-corrected chi connectivity index (χ3v) is 6.25. The Hall–Kier alpha value is -0.300. The summed E-state index contributed by atoms with van der Waals surface area (Å²) >= 11 is 0. The monoisotopic (exact) mass is 233 g/mol. The van der Waals surface area contributed by atoms with Crippen LogP contribution < -0.4 is 5.11 Å². The Labute approximate surface area is 92.6 Å². The lowest BCUT2D eigenvalue weighted by molar-refractivity contribution is -0.301. The third-order valence-electron chi connectivity index (χ3n) is 2.67. The van der Waals surface area contributed by atoms with Crippen molar-refractivity contribution in [3.05, 3.63) is 0 Å². The maximum atomic E-state index is 12.3. The zero-order valence-electron chi connectivity index (χ0n) is 10.6. The standard InChI is InChI=1S/C11H23O3P/c1-10(2,3)8-11(4,5)15(6,14)7-9(12)13/h7-8H2,1-6H3,(H,12,13)/p-1. The number of carboxylic acid groups (broad SMARTS) is 1. The van der Waals surface area contributed by atoms with E-state index in [0.717, 1.165) is 6.42 Å². The fourth-order valence-corrected chi connectivity index (χ4v) is 3.65. The van der Waals surface area contributed by atoms with Crippen LogP contribution in [0.2, 0.25) is 0 Å². The highest BCUT2D eigenvalue weighted by atomic mass is 31.2. The molecule has 0 bridgehead atoms. The van der Waals surface area contributed by atoms with Crippen molar-refractivity contribution in [2.75, 3.05) is 12.8 Å². The van der Waals surface area contributed by atoms with Crippen molar-refractivity contribution in [3.8, 4) is 0 Å². The molecule has 0 aromatic rings. The lowest BCUT2D eigenvalue weighted by atomic mass is 9.86. The predicted octanol–water partition coefficient (Wildman–Crippen LogP) is 1.94. The first kappa shape index (κ1) is 14.7. The van der Waals surface area contributed by atoms with Gasteiger partial charge in [-0.05, 0) is 18.5 Å². The maximum absolute atomic E-state index is 12.3. The normalized spacial score (nSPS) is 17.2. The van der Waals surface area contributed by atoms with Crippen LogP contribution in [0.5, 0.6) is 0 Å². The van der Waals surface area contributed by atoms with Crippen LogP contribution in [-0.2, 0) is 9.36 Å². The molecule has 0 spiro atoms. The minimum atomic E-state index is -2.71. The van der Waals surface area contributed by atoms with Gasteiger partial charge >= 0.3 is 0 Å². The fourth-order valence-electron chi connectivity index (χ4n) is 1.93. The van der Waals surface area contributed by atoms with Gasteiger partial charge in [0.05, 0.1) is 7.14 Å². The number of carbonyl (C=O) groups is 1. The van der Waals surface area contributed by atoms with Crippen molar-refractivity contribution in [3.63, 3.8) is 0 Å². The van der Waals surface area contributed by atoms with Crippen molar-refractivity contribution >= 4 is 13.1 Å². The van der Waals surface area contributed by atoms with E-state index in [4.69, 9.17) is 0 Å². The molecule has 90 valence electrons. The SMILES string of the molecule is CC(C)(C)CC(C)(C)P(C)(=O)CC(=O)[O-]. The topological polar surface area (TPSA) is 57.2 Å². The van der Waals surface area contributed by atoms with Crippen LogP contribution in [0, 0.1) is 5.41 Å². The molecule has 15 heavy (non-hydrogen) atoms. The van der Waals surface area contributed by atoms with Crippen molar-refractivity contribution < 1.29 is 14.5 Å². The molecule has 0 aromatic heterocycles. The van der Waals surface area contributed by atoms with E-state index in [1.54, 1.807) is 6.66 Å². The molecule has 0 radical (unpaired) electrons. The van der Waals surface area contributed by atoms with Crippen molar-refractivity contribution in [2.45, 2.75) is 46.2 Å². The smallest absolute Gasteiger partial charge is 0.0955 e. The molecule has 0 heterocycles. The van der Waals surface area contributed by atoms with Crippen LogP contribution in [-0.4, -0.2) is 24.0 Å². The Bertz CT molecular complexity index is 287. The zero-order valence-corrected chi connectivity index (χ0v) is 11.5. The third kappa shape index (κ3) is 4.83. The molecule has 0 aliphatic heterocycles. The second-order valence-electron chi connectivity index (χ2n) is 6.18. The Kier molecular flexibility index (Phi) is 4.20. The van der Waals surface area contributed by atoms with E-state index < -0.39 is 18.3 Å². The van der Waals surface area contributed by atoms with Gasteiger partial charge in [0.25, 0.3) is 0 Å². The van der Waals surface area contributed by atoms with Crippen molar-refractivity contribution in [2.24, 2.45) is 5.41 Å². The molecule has 0 aromatic carbocycles. The zero-order chi connectivity index (χ0) is 12.5. The van der Waals surface area contributed by atoms with Crippen LogP contribution in [0.15, 0.2) is 0 Å². The summed E-state index contributed by atoms with van der Waals surface area (Å²) in [6, 6.07) is 0. The number of hydrogen-bond donors (Lipinski definition) is 0. The average molecular weight is 233 g/mol. The first-order valence-electron chi connectivity index (χ1n) is 5.14. The molecule has 1 atom stereocenters. The Morgan fingerprint density at radius 1 is 1.20 bits per heavy atom. The molecule has 0 saturated heterocycles. The minimum absolute atomic E-state index is 0.0428. The first-order valence-corrected chi connectivity index (χ1v) is 7.48. The molecule has 0 aliphatic rings. The van der Waals surface area contributed by atoms with Gasteiger partial charge in [-0.25, -0.2) is 0 Å². The summed E-state index contributed by atoms with van der Waals surface area (Å²) < 4.78 is 12.3. The molecule has 0 N–H and O–H groups in total. The summed E-state index contributed by atoms with van der Waals surface area (Å²) in [6.45, 7) is 11.5. The van der Waals surface area contributed by atoms with E-state index in [-0.39, 0.29) is 11.6 Å². The molecule has 1 unspecified atom stereocenters. The highest BCUT2D eigenvalue weighted by Crippen LogP contribution is 2.58. The Morgan fingerprint density at radius 3 is 1.87 bits per heavy atom. The van der Waals surface area contributed by atoms with Gasteiger partial charge in [-0.3, -0.25) is 0 Å². The maximum Gasteiger partial charge on any atom is 0.0955 e. The summed E-state index contributed by atoms with van der Waals surface area (Å²) in [5.74, 6) is -1.22. The average Bonchev–Trinajstić information content (AvgIpc) is 1.75. The van der Waals surface area contributed by atoms with E-state index in [1.807, 2.05) is 13.8 Å². The number of aliphatic carboxylic acids is 1.